The van der Waals surface area contributed by atoms with Gasteiger partial charge in [-0.3, -0.25) is 15.1 Å². The standard InChI is InChI=1S/C19H14N2O4/c1-12-18(19(22)23)16(13-7-9-15(10-8-13)21(24)25)11-17(20-12)14-5-3-2-4-6-14/h2-11H,1H3,(H,22,23). The van der Waals surface area contributed by atoms with Gasteiger partial charge in [0.15, 0.2) is 0 Å². The van der Waals surface area contributed by atoms with Crippen LogP contribution >= 0.6 is 0 Å². The van der Waals surface area contributed by atoms with Crippen LogP contribution in [0, 0.1) is 17.0 Å². The molecule has 0 aliphatic carbocycles. The number of hydrogen-bond donors (Lipinski definition) is 1. The summed E-state index contributed by atoms with van der Waals surface area (Å²) in [7, 11) is 0. The molecule has 2 aromatic carbocycles. The SMILES string of the molecule is Cc1nc(-c2ccccc2)cc(-c2ccc([N+](=O)[O-])cc2)c1C(=O)O. The molecule has 124 valence electrons. The Kier molecular flexibility index (Phi) is 4.26. The van der Waals surface area contributed by atoms with Gasteiger partial charge in [-0.1, -0.05) is 30.3 Å². The van der Waals surface area contributed by atoms with Gasteiger partial charge in [0.2, 0.25) is 0 Å². The molecule has 25 heavy (non-hydrogen) atoms. The van der Waals surface area contributed by atoms with Crippen LogP contribution < -0.4 is 0 Å². The molecule has 0 saturated heterocycles. The van der Waals surface area contributed by atoms with E-state index < -0.39 is 10.9 Å². The zero-order valence-corrected chi connectivity index (χ0v) is 13.3. The monoisotopic (exact) mass is 334 g/mol. The second-order valence-electron chi connectivity index (χ2n) is 5.49. The van der Waals surface area contributed by atoms with Crippen molar-refractivity contribution in [1.82, 2.24) is 4.98 Å². The Morgan fingerprint density at radius 1 is 1.04 bits per heavy atom. The number of benzene rings is 2. The topological polar surface area (TPSA) is 93.3 Å². The van der Waals surface area contributed by atoms with Gasteiger partial charge in [-0.25, -0.2) is 4.79 Å². The number of nitro benzene ring substituents is 1. The molecule has 6 heteroatoms. The molecule has 0 atom stereocenters. The van der Waals surface area contributed by atoms with E-state index in [0.29, 0.717) is 22.5 Å². The van der Waals surface area contributed by atoms with Crippen molar-refractivity contribution in [2.45, 2.75) is 6.92 Å². The fraction of sp³-hybridized carbons (Fsp3) is 0.0526. The first-order chi connectivity index (χ1) is 12.0. The lowest BCUT2D eigenvalue weighted by molar-refractivity contribution is -0.384. The maximum absolute atomic E-state index is 11.7. The fourth-order valence-electron chi connectivity index (χ4n) is 2.69. The number of pyridine rings is 1. The van der Waals surface area contributed by atoms with Crippen LogP contribution in [0.1, 0.15) is 16.1 Å². The number of nitrogens with zero attached hydrogens (tertiary/aromatic N) is 2. The van der Waals surface area contributed by atoms with E-state index in [-0.39, 0.29) is 11.3 Å². The number of rotatable bonds is 4. The van der Waals surface area contributed by atoms with Gasteiger partial charge < -0.3 is 5.11 Å². The normalized spacial score (nSPS) is 10.4. The summed E-state index contributed by atoms with van der Waals surface area (Å²) in [5.74, 6) is -1.09. The highest BCUT2D eigenvalue weighted by Gasteiger charge is 2.18. The van der Waals surface area contributed by atoms with E-state index >= 15 is 0 Å². The Labute approximate surface area is 143 Å². The number of carboxylic acid groups (broad SMARTS) is 1. The van der Waals surface area contributed by atoms with Gasteiger partial charge in [0.05, 0.1) is 21.9 Å². The van der Waals surface area contributed by atoms with Gasteiger partial charge in [-0.05, 0) is 30.7 Å². The van der Waals surface area contributed by atoms with Gasteiger partial charge >= 0.3 is 5.97 Å². The summed E-state index contributed by atoms with van der Waals surface area (Å²) in [5, 5.41) is 20.4. The Hall–Kier alpha value is -3.54. The van der Waals surface area contributed by atoms with E-state index in [1.54, 1.807) is 25.1 Å². The van der Waals surface area contributed by atoms with Crippen molar-refractivity contribution in [2.75, 3.05) is 0 Å². The summed E-state index contributed by atoms with van der Waals surface area (Å²) in [4.78, 5) is 26.4. The van der Waals surface area contributed by atoms with E-state index in [1.807, 2.05) is 30.3 Å². The second-order valence-corrected chi connectivity index (χ2v) is 5.49. The van der Waals surface area contributed by atoms with E-state index in [2.05, 4.69) is 4.98 Å². The summed E-state index contributed by atoms with van der Waals surface area (Å²) >= 11 is 0. The Balaban J connectivity index is 2.20. The van der Waals surface area contributed by atoms with E-state index in [4.69, 9.17) is 0 Å². The molecule has 6 nitrogen and oxygen atoms in total. The first-order valence-electron chi connectivity index (χ1n) is 7.52. The van der Waals surface area contributed by atoms with Crippen LogP contribution in [0.2, 0.25) is 0 Å². The summed E-state index contributed by atoms with van der Waals surface area (Å²) in [6.07, 6.45) is 0. The van der Waals surface area contributed by atoms with Gasteiger partial charge in [-0.15, -0.1) is 0 Å². The lowest BCUT2D eigenvalue weighted by atomic mass is 9.96. The van der Waals surface area contributed by atoms with Gasteiger partial charge in [-0.2, -0.15) is 0 Å². The van der Waals surface area contributed by atoms with Crippen LogP contribution in [0.3, 0.4) is 0 Å². The zero-order valence-electron chi connectivity index (χ0n) is 13.3. The van der Waals surface area contributed by atoms with Crippen LogP contribution in [0.4, 0.5) is 5.69 Å². The molecule has 0 aliphatic heterocycles. The smallest absolute Gasteiger partial charge is 0.338 e. The molecule has 0 aliphatic rings. The van der Waals surface area contributed by atoms with Crippen molar-refractivity contribution in [3.63, 3.8) is 0 Å². The highest BCUT2D eigenvalue weighted by atomic mass is 16.6. The molecular formula is C19H14N2O4. The van der Waals surface area contributed by atoms with Crippen molar-refractivity contribution in [2.24, 2.45) is 0 Å². The lowest BCUT2D eigenvalue weighted by Gasteiger charge is -2.12. The van der Waals surface area contributed by atoms with Crippen LogP contribution in [0.15, 0.2) is 60.7 Å². The summed E-state index contributed by atoms with van der Waals surface area (Å²) in [6.45, 7) is 1.64. The minimum atomic E-state index is -1.09. The molecular weight excluding hydrogens is 320 g/mol. The first kappa shape index (κ1) is 16.3. The lowest BCUT2D eigenvalue weighted by Crippen LogP contribution is -2.06. The number of nitro groups is 1. The van der Waals surface area contributed by atoms with E-state index in [0.717, 1.165) is 5.56 Å². The van der Waals surface area contributed by atoms with Crippen molar-refractivity contribution >= 4 is 11.7 Å². The van der Waals surface area contributed by atoms with Crippen LogP contribution in [-0.2, 0) is 0 Å². The van der Waals surface area contributed by atoms with Gasteiger partial charge in [0, 0.05) is 23.3 Å². The number of aryl methyl sites for hydroxylation is 1. The third-order valence-electron chi connectivity index (χ3n) is 3.87. The highest BCUT2D eigenvalue weighted by Crippen LogP contribution is 2.31. The highest BCUT2D eigenvalue weighted by molar-refractivity contribution is 5.98. The minimum absolute atomic E-state index is 0.0466. The van der Waals surface area contributed by atoms with Crippen molar-refractivity contribution in [3.05, 3.63) is 82.0 Å². The minimum Gasteiger partial charge on any atom is -0.478 e. The molecule has 0 unspecified atom stereocenters. The molecule has 0 amide bonds. The number of carboxylic acids is 1. The average Bonchev–Trinajstić information content (AvgIpc) is 2.61. The van der Waals surface area contributed by atoms with Crippen molar-refractivity contribution < 1.29 is 14.8 Å². The van der Waals surface area contributed by atoms with Gasteiger partial charge in [0.25, 0.3) is 5.69 Å². The quantitative estimate of drug-likeness (QED) is 0.566. The molecule has 3 aromatic rings. The average molecular weight is 334 g/mol. The Morgan fingerprint density at radius 2 is 1.68 bits per heavy atom. The Morgan fingerprint density at radius 3 is 2.24 bits per heavy atom. The maximum Gasteiger partial charge on any atom is 0.338 e. The van der Waals surface area contributed by atoms with Crippen LogP contribution in [-0.4, -0.2) is 21.0 Å². The maximum atomic E-state index is 11.7. The molecule has 0 spiro atoms. The summed E-state index contributed by atoms with van der Waals surface area (Å²) in [5.41, 5.74) is 3.02. The molecule has 1 heterocycles. The van der Waals surface area contributed by atoms with E-state index in [1.165, 1.54) is 12.1 Å². The van der Waals surface area contributed by atoms with Crippen molar-refractivity contribution in [1.29, 1.82) is 0 Å². The molecule has 0 fully saturated rings. The number of aromatic carboxylic acids is 1. The predicted octanol–water partition coefficient (Wildman–Crippen LogP) is 4.33. The first-order valence-corrected chi connectivity index (χ1v) is 7.52. The molecule has 1 N–H and O–H groups in total. The molecule has 0 bridgehead atoms. The van der Waals surface area contributed by atoms with Crippen LogP contribution in [0.5, 0.6) is 0 Å². The molecule has 1 aromatic heterocycles. The molecule has 0 saturated carbocycles. The number of hydrogen-bond acceptors (Lipinski definition) is 4. The molecule has 0 radical (unpaired) electrons. The Bertz CT molecular complexity index is 951. The third kappa shape index (κ3) is 3.23. The third-order valence-corrected chi connectivity index (χ3v) is 3.87. The van der Waals surface area contributed by atoms with Gasteiger partial charge in [0.1, 0.15) is 0 Å². The second kappa shape index (κ2) is 6.52. The number of non-ortho nitro benzene ring substituents is 1. The molecule has 3 rings (SSSR count). The fourth-order valence-corrected chi connectivity index (χ4v) is 2.69. The predicted molar refractivity (Wildman–Crippen MR) is 93.5 cm³/mol. The zero-order chi connectivity index (χ0) is 18.0. The van der Waals surface area contributed by atoms with E-state index in [9.17, 15) is 20.0 Å². The summed E-state index contributed by atoms with van der Waals surface area (Å²) < 4.78 is 0. The number of carbonyl (C=O) groups is 1. The number of aromatic nitrogens is 1. The van der Waals surface area contributed by atoms with Crippen LogP contribution in [0.25, 0.3) is 22.4 Å². The largest absolute Gasteiger partial charge is 0.478 e. The van der Waals surface area contributed by atoms with Crippen molar-refractivity contribution in [3.8, 4) is 22.4 Å². The summed E-state index contributed by atoms with van der Waals surface area (Å²) in [6, 6.07) is 16.9.